The van der Waals surface area contributed by atoms with Crippen molar-refractivity contribution in [1.82, 2.24) is 15.5 Å². The van der Waals surface area contributed by atoms with Crippen LogP contribution >= 0.6 is 0 Å². The Morgan fingerprint density at radius 1 is 1.23 bits per heavy atom. The Morgan fingerprint density at radius 3 is 2.62 bits per heavy atom. The van der Waals surface area contributed by atoms with Crippen LogP contribution in [0.5, 0.6) is 0 Å². The Bertz CT molecular complexity index is 273. The van der Waals surface area contributed by atoms with Crippen molar-refractivity contribution in [1.29, 1.82) is 0 Å². The molecule has 0 radical (unpaired) electrons. The quantitative estimate of drug-likeness (QED) is 0.736. The predicted molar refractivity (Wildman–Crippen MR) is 46.5 cm³/mol. The van der Waals surface area contributed by atoms with E-state index in [9.17, 15) is 0 Å². The lowest BCUT2D eigenvalue weighted by atomic mass is 9.85. The summed E-state index contributed by atoms with van der Waals surface area (Å²) in [6, 6.07) is 0. The maximum absolute atomic E-state index is 5.24. The molecule has 70 valence electrons. The molecule has 1 saturated carbocycles. The minimum Gasteiger partial charge on any atom is -0.339 e. The molecule has 1 N–H and O–H groups in total. The fourth-order valence-electron chi connectivity index (χ4n) is 1.71. The largest absolute Gasteiger partial charge is 0.339 e. The Balaban J connectivity index is 1.76. The zero-order valence-electron chi connectivity index (χ0n) is 7.49. The lowest BCUT2D eigenvalue weighted by Crippen LogP contribution is -2.40. The third-order valence-corrected chi connectivity index (χ3v) is 3.06. The fourth-order valence-corrected chi connectivity index (χ4v) is 1.71. The summed E-state index contributed by atoms with van der Waals surface area (Å²) in [7, 11) is 0. The summed E-state index contributed by atoms with van der Waals surface area (Å²) in [6.07, 6.45) is 3.77. The number of rotatable bonds is 2. The highest BCUT2D eigenvalue weighted by Crippen LogP contribution is 2.35. The molecule has 0 spiro atoms. The molecule has 2 heterocycles. The fraction of sp³-hybridized carbons (Fsp3) is 0.778. The van der Waals surface area contributed by atoms with Gasteiger partial charge in [0, 0.05) is 24.9 Å². The maximum atomic E-state index is 5.24. The van der Waals surface area contributed by atoms with Gasteiger partial charge < -0.3 is 9.84 Å². The van der Waals surface area contributed by atoms with Gasteiger partial charge in [0.1, 0.15) is 0 Å². The molecule has 4 heteroatoms. The zero-order valence-corrected chi connectivity index (χ0v) is 7.49. The summed E-state index contributed by atoms with van der Waals surface area (Å²) in [5, 5.41) is 7.22. The predicted octanol–water partition coefficient (Wildman–Crippen LogP) is 1.02. The van der Waals surface area contributed by atoms with Crippen molar-refractivity contribution in [2.24, 2.45) is 0 Å². The second-order valence-corrected chi connectivity index (χ2v) is 3.97. The smallest absolute Gasteiger partial charge is 0.229 e. The first-order valence-corrected chi connectivity index (χ1v) is 4.97. The monoisotopic (exact) mass is 179 g/mol. The van der Waals surface area contributed by atoms with E-state index in [1.165, 1.54) is 19.3 Å². The second kappa shape index (κ2) is 2.80. The molecule has 1 saturated heterocycles. The van der Waals surface area contributed by atoms with Gasteiger partial charge in [0.15, 0.2) is 5.82 Å². The summed E-state index contributed by atoms with van der Waals surface area (Å²) in [6.45, 7) is 2.01. The van der Waals surface area contributed by atoms with Crippen molar-refractivity contribution in [2.45, 2.75) is 31.1 Å². The average molecular weight is 179 g/mol. The molecule has 1 aliphatic carbocycles. The molecular formula is C9H13N3O. The summed E-state index contributed by atoms with van der Waals surface area (Å²) in [5.74, 6) is 2.83. The number of nitrogens with one attached hydrogen (secondary N) is 1. The molecule has 0 amide bonds. The normalized spacial score (nSPS) is 24.0. The molecule has 0 aromatic carbocycles. The van der Waals surface area contributed by atoms with Gasteiger partial charge in [-0.25, -0.2) is 0 Å². The van der Waals surface area contributed by atoms with Crippen molar-refractivity contribution in [2.75, 3.05) is 13.1 Å². The highest BCUT2D eigenvalue weighted by Gasteiger charge is 2.29. The number of hydrogen-bond donors (Lipinski definition) is 1. The molecule has 2 aliphatic rings. The van der Waals surface area contributed by atoms with E-state index in [-0.39, 0.29) is 0 Å². The highest BCUT2D eigenvalue weighted by atomic mass is 16.5. The lowest BCUT2D eigenvalue weighted by molar-refractivity contribution is 0.288. The number of aromatic nitrogens is 2. The van der Waals surface area contributed by atoms with Gasteiger partial charge in [-0.05, 0) is 12.8 Å². The molecule has 0 atom stereocenters. The first-order chi connectivity index (χ1) is 6.43. The standard InChI is InChI=1S/C9H13N3O/c1-2-6(3-1)9-11-8(12-13-9)7-4-10-5-7/h6-7,10H,1-5H2. The van der Waals surface area contributed by atoms with Crippen LogP contribution in [-0.4, -0.2) is 23.2 Å². The Kier molecular flexibility index (Phi) is 1.62. The van der Waals surface area contributed by atoms with Crippen molar-refractivity contribution in [3.8, 4) is 0 Å². The van der Waals surface area contributed by atoms with Crippen LogP contribution in [-0.2, 0) is 0 Å². The summed E-state index contributed by atoms with van der Waals surface area (Å²) >= 11 is 0. The van der Waals surface area contributed by atoms with Gasteiger partial charge in [0.05, 0.1) is 0 Å². The minimum atomic E-state index is 0.498. The van der Waals surface area contributed by atoms with E-state index in [1.54, 1.807) is 0 Å². The molecule has 13 heavy (non-hydrogen) atoms. The number of hydrogen-bond acceptors (Lipinski definition) is 4. The molecule has 2 fully saturated rings. The van der Waals surface area contributed by atoms with Gasteiger partial charge >= 0.3 is 0 Å². The SMILES string of the molecule is C1CC(c2nc(C3CNC3)no2)C1. The van der Waals surface area contributed by atoms with E-state index in [2.05, 4.69) is 15.5 Å². The summed E-state index contributed by atoms with van der Waals surface area (Å²) in [5.41, 5.74) is 0. The molecular weight excluding hydrogens is 166 g/mol. The van der Waals surface area contributed by atoms with Crippen LogP contribution in [0, 0.1) is 0 Å². The van der Waals surface area contributed by atoms with Crippen LogP contribution in [0.1, 0.15) is 42.8 Å². The van der Waals surface area contributed by atoms with Crippen molar-refractivity contribution < 1.29 is 4.52 Å². The Labute approximate surface area is 76.7 Å². The van der Waals surface area contributed by atoms with Crippen LogP contribution in [0.3, 0.4) is 0 Å². The number of nitrogens with zero attached hydrogens (tertiary/aromatic N) is 2. The first-order valence-electron chi connectivity index (χ1n) is 4.97. The molecule has 1 aromatic heterocycles. The molecule has 1 aliphatic heterocycles. The highest BCUT2D eigenvalue weighted by molar-refractivity contribution is 5.05. The van der Waals surface area contributed by atoms with E-state index >= 15 is 0 Å². The second-order valence-electron chi connectivity index (χ2n) is 3.97. The Morgan fingerprint density at radius 2 is 2.08 bits per heavy atom. The van der Waals surface area contributed by atoms with Crippen molar-refractivity contribution >= 4 is 0 Å². The van der Waals surface area contributed by atoms with Gasteiger partial charge in [0.2, 0.25) is 5.89 Å². The van der Waals surface area contributed by atoms with Crippen molar-refractivity contribution in [3.05, 3.63) is 11.7 Å². The van der Waals surface area contributed by atoms with E-state index in [1.807, 2.05) is 0 Å². The molecule has 0 bridgehead atoms. The summed E-state index contributed by atoms with van der Waals surface area (Å²) < 4.78 is 5.24. The van der Waals surface area contributed by atoms with E-state index in [0.29, 0.717) is 11.8 Å². The van der Waals surface area contributed by atoms with Crippen LogP contribution in [0.25, 0.3) is 0 Å². The lowest BCUT2D eigenvalue weighted by Gasteiger charge is -2.23. The molecule has 1 aromatic rings. The average Bonchev–Trinajstić information content (AvgIpc) is 2.29. The van der Waals surface area contributed by atoms with Gasteiger partial charge in [-0.15, -0.1) is 0 Å². The zero-order chi connectivity index (χ0) is 8.67. The van der Waals surface area contributed by atoms with Gasteiger partial charge in [0.25, 0.3) is 0 Å². The van der Waals surface area contributed by atoms with Gasteiger partial charge in [-0.3, -0.25) is 0 Å². The topological polar surface area (TPSA) is 51.0 Å². The first kappa shape index (κ1) is 7.50. The summed E-state index contributed by atoms with van der Waals surface area (Å²) in [4.78, 5) is 4.44. The third kappa shape index (κ3) is 1.16. The van der Waals surface area contributed by atoms with Crippen molar-refractivity contribution in [3.63, 3.8) is 0 Å². The maximum Gasteiger partial charge on any atom is 0.229 e. The van der Waals surface area contributed by atoms with Crippen LogP contribution < -0.4 is 5.32 Å². The van der Waals surface area contributed by atoms with E-state index in [4.69, 9.17) is 4.52 Å². The van der Waals surface area contributed by atoms with Gasteiger partial charge in [-0.2, -0.15) is 4.98 Å². The molecule has 3 rings (SSSR count). The van der Waals surface area contributed by atoms with E-state index in [0.717, 1.165) is 24.8 Å². The van der Waals surface area contributed by atoms with Gasteiger partial charge in [-0.1, -0.05) is 11.6 Å². The Hall–Kier alpha value is -0.900. The van der Waals surface area contributed by atoms with Crippen LogP contribution in [0.2, 0.25) is 0 Å². The van der Waals surface area contributed by atoms with Crippen LogP contribution in [0.15, 0.2) is 4.52 Å². The molecule has 0 unspecified atom stereocenters. The molecule has 4 nitrogen and oxygen atoms in total. The third-order valence-electron chi connectivity index (χ3n) is 3.06. The van der Waals surface area contributed by atoms with Crippen LogP contribution in [0.4, 0.5) is 0 Å². The minimum absolute atomic E-state index is 0.498. The van der Waals surface area contributed by atoms with E-state index < -0.39 is 0 Å².